The van der Waals surface area contributed by atoms with Crippen molar-refractivity contribution >= 4 is 16.5 Å². The number of phenols is 1. The minimum Gasteiger partial charge on any atom is -0.508 e. The van der Waals surface area contributed by atoms with Gasteiger partial charge in [0.05, 0.1) is 0 Å². The van der Waals surface area contributed by atoms with Gasteiger partial charge in [-0.25, -0.2) is 0 Å². The van der Waals surface area contributed by atoms with Crippen LogP contribution in [-0.2, 0) is 0 Å². The highest BCUT2D eigenvalue weighted by molar-refractivity contribution is 5.95. The molecule has 0 fully saturated rings. The van der Waals surface area contributed by atoms with Gasteiger partial charge in [0, 0.05) is 24.2 Å². The molecule has 0 heterocycles. The van der Waals surface area contributed by atoms with Gasteiger partial charge in [-0.1, -0.05) is 26.0 Å². The lowest BCUT2D eigenvalue weighted by molar-refractivity contribution is 0.476. The summed E-state index contributed by atoms with van der Waals surface area (Å²) >= 11 is 0. The first kappa shape index (κ1) is 12.7. The van der Waals surface area contributed by atoms with Crippen molar-refractivity contribution < 1.29 is 5.11 Å². The van der Waals surface area contributed by atoms with Crippen molar-refractivity contribution in [3.63, 3.8) is 0 Å². The Morgan fingerprint density at radius 3 is 2.39 bits per heavy atom. The molecule has 18 heavy (non-hydrogen) atoms. The number of fused-ring (bicyclic) bond motifs is 1. The number of nitrogens with zero attached hydrogens (tertiary/aromatic N) is 1. The van der Waals surface area contributed by atoms with Gasteiger partial charge in [-0.15, -0.1) is 0 Å². The highest BCUT2D eigenvalue weighted by Gasteiger charge is 2.08. The molecule has 0 unspecified atom stereocenters. The van der Waals surface area contributed by atoms with Gasteiger partial charge in [0.1, 0.15) is 5.75 Å². The van der Waals surface area contributed by atoms with E-state index in [0.29, 0.717) is 5.75 Å². The lowest BCUT2D eigenvalue weighted by atomic mass is 10.1. The molecule has 0 radical (unpaired) electrons. The molecule has 0 spiro atoms. The third-order valence-corrected chi connectivity index (χ3v) is 3.17. The van der Waals surface area contributed by atoms with Gasteiger partial charge in [-0.3, -0.25) is 0 Å². The minimum absolute atomic E-state index is 0.331. The van der Waals surface area contributed by atoms with E-state index in [1.807, 2.05) is 12.1 Å². The molecule has 0 aliphatic heterocycles. The van der Waals surface area contributed by atoms with Crippen molar-refractivity contribution in [2.24, 2.45) is 0 Å². The van der Waals surface area contributed by atoms with Gasteiger partial charge < -0.3 is 10.0 Å². The summed E-state index contributed by atoms with van der Waals surface area (Å²) < 4.78 is 0. The van der Waals surface area contributed by atoms with E-state index in [-0.39, 0.29) is 0 Å². The molecule has 0 saturated heterocycles. The summed E-state index contributed by atoms with van der Waals surface area (Å²) in [5.74, 6) is 0.331. The summed E-state index contributed by atoms with van der Waals surface area (Å²) in [5, 5.41) is 11.9. The second kappa shape index (κ2) is 5.76. The lowest BCUT2D eigenvalue weighted by Crippen LogP contribution is -2.24. The molecule has 0 saturated carbocycles. The van der Waals surface area contributed by atoms with E-state index in [9.17, 15) is 5.11 Å². The summed E-state index contributed by atoms with van der Waals surface area (Å²) in [6.07, 6.45) is 2.29. The molecule has 2 aromatic carbocycles. The van der Waals surface area contributed by atoms with Crippen molar-refractivity contribution in [2.45, 2.75) is 26.7 Å². The van der Waals surface area contributed by atoms with Crippen molar-refractivity contribution in [1.82, 2.24) is 0 Å². The van der Waals surface area contributed by atoms with Gasteiger partial charge in [-0.2, -0.15) is 0 Å². The number of aromatic hydroxyl groups is 1. The third-order valence-electron chi connectivity index (χ3n) is 3.17. The van der Waals surface area contributed by atoms with E-state index in [1.165, 1.54) is 11.1 Å². The zero-order valence-electron chi connectivity index (χ0n) is 11.2. The summed E-state index contributed by atoms with van der Waals surface area (Å²) in [6, 6.07) is 11.9. The first-order valence-electron chi connectivity index (χ1n) is 6.73. The predicted molar refractivity (Wildman–Crippen MR) is 78.4 cm³/mol. The molecule has 2 rings (SSSR count). The zero-order chi connectivity index (χ0) is 13.0. The standard InChI is InChI=1S/C16H21NO/c1-3-10-17(11-4-2)16-7-5-6-13-12-14(18)8-9-15(13)16/h5-9,12,18H,3-4,10-11H2,1-2H3. The van der Waals surface area contributed by atoms with Gasteiger partial charge in [0.15, 0.2) is 0 Å². The van der Waals surface area contributed by atoms with Crippen LogP contribution in [0.5, 0.6) is 5.75 Å². The van der Waals surface area contributed by atoms with E-state index < -0.39 is 0 Å². The fourth-order valence-corrected chi connectivity index (χ4v) is 2.42. The number of anilines is 1. The van der Waals surface area contributed by atoms with Crippen molar-refractivity contribution in [3.05, 3.63) is 36.4 Å². The Bertz CT molecular complexity index is 515. The highest BCUT2D eigenvalue weighted by atomic mass is 16.3. The fraction of sp³-hybridized carbons (Fsp3) is 0.375. The monoisotopic (exact) mass is 243 g/mol. The zero-order valence-corrected chi connectivity index (χ0v) is 11.2. The normalized spacial score (nSPS) is 10.8. The highest BCUT2D eigenvalue weighted by Crippen LogP contribution is 2.29. The predicted octanol–water partition coefficient (Wildman–Crippen LogP) is 4.17. The molecule has 96 valence electrons. The average molecular weight is 243 g/mol. The van der Waals surface area contributed by atoms with Gasteiger partial charge >= 0.3 is 0 Å². The quantitative estimate of drug-likeness (QED) is 0.852. The Hall–Kier alpha value is -1.70. The van der Waals surface area contributed by atoms with Crippen LogP contribution in [0.3, 0.4) is 0 Å². The van der Waals surface area contributed by atoms with E-state index in [4.69, 9.17) is 0 Å². The smallest absolute Gasteiger partial charge is 0.116 e. The molecule has 0 aliphatic rings. The molecule has 0 aliphatic carbocycles. The molecule has 2 nitrogen and oxygen atoms in total. The lowest BCUT2D eigenvalue weighted by Gasteiger charge is -2.25. The van der Waals surface area contributed by atoms with E-state index in [2.05, 4.69) is 36.9 Å². The minimum atomic E-state index is 0.331. The van der Waals surface area contributed by atoms with E-state index in [1.54, 1.807) is 6.07 Å². The second-order valence-electron chi connectivity index (χ2n) is 4.67. The molecule has 0 amide bonds. The number of phenolic OH excluding ortho intramolecular Hbond substituents is 1. The second-order valence-corrected chi connectivity index (χ2v) is 4.67. The topological polar surface area (TPSA) is 23.5 Å². The van der Waals surface area contributed by atoms with Crippen LogP contribution < -0.4 is 4.90 Å². The van der Waals surface area contributed by atoms with Crippen LogP contribution in [-0.4, -0.2) is 18.2 Å². The summed E-state index contributed by atoms with van der Waals surface area (Å²) in [6.45, 7) is 6.57. The van der Waals surface area contributed by atoms with Crippen LogP contribution in [0.2, 0.25) is 0 Å². The number of hydrogen-bond acceptors (Lipinski definition) is 2. The Labute approximate surface area is 109 Å². The Balaban J connectivity index is 2.48. The number of rotatable bonds is 5. The average Bonchev–Trinajstić information content (AvgIpc) is 2.37. The van der Waals surface area contributed by atoms with E-state index in [0.717, 1.165) is 31.3 Å². The maximum Gasteiger partial charge on any atom is 0.116 e. The maximum atomic E-state index is 9.55. The molecule has 2 aromatic rings. The van der Waals surface area contributed by atoms with Crippen LogP contribution >= 0.6 is 0 Å². The molecule has 0 aromatic heterocycles. The van der Waals surface area contributed by atoms with Crippen LogP contribution in [0.15, 0.2) is 36.4 Å². The van der Waals surface area contributed by atoms with Gasteiger partial charge in [0.25, 0.3) is 0 Å². The molecule has 0 bridgehead atoms. The molecular weight excluding hydrogens is 222 g/mol. The van der Waals surface area contributed by atoms with Gasteiger partial charge in [0.2, 0.25) is 0 Å². The SMILES string of the molecule is CCCN(CCC)c1cccc2cc(O)ccc12. The van der Waals surface area contributed by atoms with Crippen molar-refractivity contribution in [2.75, 3.05) is 18.0 Å². The summed E-state index contributed by atoms with van der Waals surface area (Å²) in [7, 11) is 0. The summed E-state index contributed by atoms with van der Waals surface area (Å²) in [4.78, 5) is 2.43. The van der Waals surface area contributed by atoms with Crippen LogP contribution in [0.4, 0.5) is 5.69 Å². The molecular formula is C16H21NO. The molecule has 2 heteroatoms. The van der Waals surface area contributed by atoms with Crippen LogP contribution in [0, 0.1) is 0 Å². The van der Waals surface area contributed by atoms with Crippen molar-refractivity contribution in [1.29, 1.82) is 0 Å². The largest absolute Gasteiger partial charge is 0.508 e. The first-order valence-corrected chi connectivity index (χ1v) is 6.73. The Morgan fingerprint density at radius 1 is 1.00 bits per heavy atom. The number of benzene rings is 2. The third kappa shape index (κ3) is 2.58. The molecule has 0 atom stereocenters. The van der Waals surface area contributed by atoms with E-state index >= 15 is 0 Å². The molecule has 1 N–H and O–H groups in total. The van der Waals surface area contributed by atoms with Gasteiger partial charge in [-0.05, 0) is 42.5 Å². The summed E-state index contributed by atoms with van der Waals surface area (Å²) in [5.41, 5.74) is 1.27. The van der Waals surface area contributed by atoms with Crippen LogP contribution in [0.25, 0.3) is 10.8 Å². The number of hydrogen-bond donors (Lipinski definition) is 1. The Morgan fingerprint density at radius 2 is 1.72 bits per heavy atom. The first-order chi connectivity index (χ1) is 8.76. The Kier molecular flexibility index (Phi) is 4.08. The van der Waals surface area contributed by atoms with Crippen LogP contribution in [0.1, 0.15) is 26.7 Å². The maximum absolute atomic E-state index is 9.55. The van der Waals surface area contributed by atoms with Crippen molar-refractivity contribution in [3.8, 4) is 5.75 Å². The fourth-order valence-electron chi connectivity index (χ4n) is 2.42.